The summed E-state index contributed by atoms with van der Waals surface area (Å²) in [6.07, 6.45) is 0.307. The van der Waals surface area contributed by atoms with Gasteiger partial charge in [-0.1, -0.05) is 6.42 Å². The van der Waals surface area contributed by atoms with Crippen molar-refractivity contribution >= 4 is 67.5 Å². The molecule has 10 N–H and O–H groups in total. The zero-order chi connectivity index (χ0) is 27.1. The maximum absolute atomic E-state index is 12.7. The molecule has 13 nitrogen and oxygen atoms in total. The standard InChI is InChI=1S/C19H36N6O7S3/c1-9(26)14(18(30)23-11(6-33)16(28)24-13(8-35)19(31)32)25-17(29)12(7-34)22-15(27)10(21)4-2-3-5-20/h9-14,26,33-35H,2-8,20-21H2,1H3,(H,22,27)(H,23,30)(H,24,28)(H,25,29)(H,31,32)/t9-,10+,11+,12+,13+,14+/m1/s1. The monoisotopic (exact) mass is 556 g/mol. The molecule has 0 bridgehead atoms. The molecule has 4 amide bonds. The van der Waals surface area contributed by atoms with Gasteiger partial charge in [-0.15, -0.1) is 0 Å². The van der Waals surface area contributed by atoms with E-state index in [1.165, 1.54) is 6.92 Å². The predicted molar refractivity (Wildman–Crippen MR) is 139 cm³/mol. The first-order valence-corrected chi connectivity index (χ1v) is 12.7. The maximum atomic E-state index is 12.7. The number of unbranched alkanes of at least 4 members (excludes halogenated alkanes) is 1. The average molecular weight is 557 g/mol. The lowest BCUT2D eigenvalue weighted by atomic mass is 10.1. The highest BCUT2D eigenvalue weighted by Gasteiger charge is 2.33. The SMILES string of the molecule is C[C@@H](O)[C@H](NC(=O)[C@H](CS)NC(=O)[C@@H](N)CCCCN)C(=O)N[C@@H](CS)C(=O)N[C@@H](CS)C(=O)O. The molecule has 35 heavy (non-hydrogen) atoms. The molecule has 0 aromatic rings. The third-order valence-electron chi connectivity index (χ3n) is 4.80. The quantitative estimate of drug-likeness (QED) is 0.0634. The Hall–Kier alpha value is -1.72. The summed E-state index contributed by atoms with van der Waals surface area (Å²) in [6.45, 7) is 1.70. The molecule has 0 unspecified atom stereocenters. The van der Waals surface area contributed by atoms with E-state index in [4.69, 9.17) is 16.6 Å². The van der Waals surface area contributed by atoms with E-state index in [1.807, 2.05) is 0 Å². The highest BCUT2D eigenvalue weighted by Crippen LogP contribution is 2.02. The number of nitrogens with one attached hydrogen (secondary N) is 4. The number of hydrogen-bond acceptors (Lipinski definition) is 11. The Kier molecular flexibility index (Phi) is 16.8. The van der Waals surface area contributed by atoms with Crippen LogP contribution in [0.25, 0.3) is 0 Å². The molecule has 0 aliphatic carbocycles. The van der Waals surface area contributed by atoms with E-state index in [9.17, 15) is 29.1 Å². The Morgan fingerprint density at radius 1 is 0.771 bits per heavy atom. The number of nitrogens with two attached hydrogens (primary N) is 2. The van der Waals surface area contributed by atoms with Crippen molar-refractivity contribution in [3.8, 4) is 0 Å². The highest BCUT2D eigenvalue weighted by atomic mass is 32.1. The summed E-state index contributed by atoms with van der Waals surface area (Å²) in [4.78, 5) is 61.1. The highest BCUT2D eigenvalue weighted by molar-refractivity contribution is 7.80. The molecule has 202 valence electrons. The van der Waals surface area contributed by atoms with Crippen LogP contribution in [0.2, 0.25) is 0 Å². The fourth-order valence-electron chi connectivity index (χ4n) is 2.69. The van der Waals surface area contributed by atoms with Crippen molar-refractivity contribution in [3.63, 3.8) is 0 Å². The Bertz CT molecular complexity index is 731. The lowest BCUT2D eigenvalue weighted by molar-refractivity contribution is -0.141. The van der Waals surface area contributed by atoms with Crippen LogP contribution in [-0.2, 0) is 24.0 Å². The zero-order valence-corrected chi connectivity index (χ0v) is 22.0. The average Bonchev–Trinajstić information content (AvgIpc) is 2.81. The van der Waals surface area contributed by atoms with Gasteiger partial charge in [0.25, 0.3) is 0 Å². The van der Waals surface area contributed by atoms with Crippen LogP contribution >= 0.6 is 37.9 Å². The first kappa shape index (κ1) is 33.3. The number of aliphatic hydroxyl groups excluding tert-OH is 1. The molecule has 6 atom stereocenters. The van der Waals surface area contributed by atoms with Crippen LogP contribution in [0.1, 0.15) is 26.2 Å². The van der Waals surface area contributed by atoms with E-state index in [2.05, 4.69) is 59.2 Å². The van der Waals surface area contributed by atoms with Crippen molar-refractivity contribution in [1.29, 1.82) is 0 Å². The molecule has 0 spiro atoms. The second-order valence-corrected chi connectivity index (χ2v) is 8.78. The predicted octanol–water partition coefficient (Wildman–Crippen LogP) is -3.36. The normalized spacial score (nSPS) is 16.1. The number of thiol groups is 3. The summed E-state index contributed by atoms with van der Waals surface area (Å²) in [5.41, 5.74) is 11.2. The minimum atomic E-state index is -1.50. The minimum absolute atomic E-state index is 0.122. The van der Waals surface area contributed by atoms with Crippen LogP contribution in [0.5, 0.6) is 0 Å². The smallest absolute Gasteiger partial charge is 0.327 e. The van der Waals surface area contributed by atoms with E-state index in [-0.39, 0.29) is 17.3 Å². The molecule has 0 aliphatic rings. The molecular formula is C19H36N6O7S3. The third-order valence-corrected chi connectivity index (χ3v) is 5.89. The molecule has 0 saturated heterocycles. The number of amides is 4. The first-order valence-electron chi connectivity index (χ1n) is 10.8. The van der Waals surface area contributed by atoms with Gasteiger partial charge in [-0.05, 0) is 26.3 Å². The number of carbonyl (C=O) groups excluding carboxylic acids is 4. The molecule has 16 heteroatoms. The van der Waals surface area contributed by atoms with E-state index in [0.29, 0.717) is 25.8 Å². The van der Waals surface area contributed by atoms with Crippen molar-refractivity contribution in [2.75, 3.05) is 23.8 Å². The molecule has 0 fully saturated rings. The van der Waals surface area contributed by atoms with Crippen LogP contribution in [0, 0.1) is 0 Å². The Morgan fingerprint density at radius 2 is 1.23 bits per heavy atom. The summed E-state index contributed by atoms with van der Waals surface area (Å²) in [7, 11) is 0. The summed E-state index contributed by atoms with van der Waals surface area (Å²) in [5.74, 6) is -4.98. The Balaban J connectivity index is 5.20. The van der Waals surface area contributed by atoms with Gasteiger partial charge in [0.2, 0.25) is 23.6 Å². The second kappa shape index (κ2) is 17.7. The zero-order valence-electron chi connectivity index (χ0n) is 19.3. The largest absolute Gasteiger partial charge is 0.480 e. The Labute approximate surface area is 220 Å². The van der Waals surface area contributed by atoms with Gasteiger partial charge in [-0.25, -0.2) is 4.79 Å². The van der Waals surface area contributed by atoms with Gasteiger partial charge in [-0.3, -0.25) is 19.2 Å². The molecule has 0 aromatic carbocycles. The van der Waals surface area contributed by atoms with E-state index < -0.39 is 65.9 Å². The molecule has 0 heterocycles. The molecule has 0 aromatic heterocycles. The number of carboxylic acids is 1. The molecule has 0 saturated carbocycles. The minimum Gasteiger partial charge on any atom is -0.480 e. The fraction of sp³-hybridized carbons (Fsp3) is 0.737. The topological polar surface area (TPSA) is 226 Å². The van der Waals surface area contributed by atoms with E-state index >= 15 is 0 Å². The van der Waals surface area contributed by atoms with Crippen molar-refractivity contribution in [2.45, 2.75) is 62.5 Å². The lowest BCUT2D eigenvalue weighted by Gasteiger charge is -2.26. The number of carboxylic acid groups (broad SMARTS) is 1. The van der Waals surface area contributed by atoms with Crippen molar-refractivity contribution < 1.29 is 34.2 Å². The van der Waals surface area contributed by atoms with E-state index in [0.717, 1.165) is 0 Å². The molecular weight excluding hydrogens is 520 g/mol. The van der Waals surface area contributed by atoms with Crippen molar-refractivity contribution in [1.82, 2.24) is 21.3 Å². The van der Waals surface area contributed by atoms with Crippen molar-refractivity contribution in [2.24, 2.45) is 11.5 Å². The molecule has 0 aliphatic heterocycles. The van der Waals surface area contributed by atoms with Gasteiger partial charge in [0.05, 0.1) is 12.1 Å². The summed E-state index contributed by atoms with van der Waals surface area (Å²) < 4.78 is 0. The van der Waals surface area contributed by atoms with E-state index in [1.54, 1.807) is 0 Å². The van der Waals surface area contributed by atoms with Crippen molar-refractivity contribution in [3.05, 3.63) is 0 Å². The third kappa shape index (κ3) is 12.2. The number of aliphatic hydroxyl groups is 1. The fourth-order valence-corrected chi connectivity index (χ4v) is 3.45. The van der Waals surface area contributed by atoms with Crippen LogP contribution < -0.4 is 32.7 Å². The lowest BCUT2D eigenvalue weighted by Crippen LogP contribution is -2.61. The summed E-state index contributed by atoms with van der Waals surface area (Å²) in [6, 6.07) is -6.09. The van der Waals surface area contributed by atoms with Crippen LogP contribution in [0.15, 0.2) is 0 Å². The van der Waals surface area contributed by atoms with Gasteiger partial charge in [-0.2, -0.15) is 37.9 Å². The van der Waals surface area contributed by atoms with Gasteiger partial charge in [0.1, 0.15) is 24.2 Å². The number of aliphatic carboxylic acids is 1. The van der Waals surface area contributed by atoms with Gasteiger partial charge >= 0.3 is 5.97 Å². The van der Waals surface area contributed by atoms with Gasteiger partial charge in [0.15, 0.2) is 0 Å². The van der Waals surface area contributed by atoms with Crippen LogP contribution in [-0.4, -0.2) is 99.9 Å². The number of carbonyl (C=O) groups is 5. The summed E-state index contributed by atoms with van der Waals surface area (Å²) in [5, 5.41) is 28.4. The Morgan fingerprint density at radius 3 is 1.66 bits per heavy atom. The van der Waals surface area contributed by atoms with Gasteiger partial charge in [0, 0.05) is 17.3 Å². The van der Waals surface area contributed by atoms with Crippen LogP contribution in [0.4, 0.5) is 0 Å². The number of rotatable bonds is 17. The second-order valence-electron chi connectivity index (χ2n) is 7.69. The first-order chi connectivity index (χ1) is 16.4. The van der Waals surface area contributed by atoms with Gasteiger partial charge < -0.3 is 42.9 Å². The van der Waals surface area contributed by atoms with Crippen LogP contribution in [0.3, 0.4) is 0 Å². The maximum Gasteiger partial charge on any atom is 0.327 e. The number of hydrogen-bond donors (Lipinski definition) is 11. The molecule has 0 radical (unpaired) electrons. The molecule has 0 rings (SSSR count). The summed E-state index contributed by atoms with van der Waals surface area (Å²) >= 11 is 11.9.